The van der Waals surface area contributed by atoms with Crippen molar-refractivity contribution in [2.45, 2.75) is 25.3 Å². The van der Waals surface area contributed by atoms with Crippen LogP contribution >= 0.6 is 15.9 Å². The van der Waals surface area contributed by atoms with Gasteiger partial charge in [0.1, 0.15) is 0 Å². The van der Waals surface area contributed by atoms with Gasteiger partial charge in [-0.25, -0.2) is 8.42 Å². The third kappa shape index (κ3) is 3.45. The van der Waals surface area contributed by atoms with Crippen molar-refractivity contribution in [3.05, 3.63) is 40.4 Å². The zero-order valence-electron chi connectivity index (χ0n) is 11.2. The van der Waals surface area contributed by atoms with Crippen LogP contribution in [0.25, 0.3) is 0 Å². The lowest BCUT2D eigenvalue weighted by molar-refractivity contribution is 0.459. The van der Waals surface area contributed by atoms with Crippen LogP contribution in [0.15, 0.2) is 34.2 Å². The van der Waals surface area contributed by atoms with Crippen molar-refractivity contribution in [2.75, 3.05) is 13.1 Å². The smallest absolute Gasteiger partial charge is 0.244 e. The zero-order valence-corrected chi connectivity index (χ0v) is 13.6. The first-order valence-corrected chi connectivity index (χ1v) is 8.21. The van der Waals surface area contributed by atoms with E-state index in [1.807, 2.05) is 13.0 Å². The van der Waals surface area contributed by atoms with Gasteiger partial charge in [-0.3, -0.25) is 0 Å². The van der Waals surface area contributed by atoms with E-state index in [0.29, 0.717) is 17.6 Å². The van der Waals surface area contributed by atoms with Crippen LogP contribution in [0, 0.1) is 6.92 Å². The van der Waals surface area contributed by atoms with Gasteiger partial charge in [-0.15, -0.1) is 6.58 Å². The number of hydrogen-bond acceptors (Lipinski definition) is 3. The van der Waals surface area contributed by atoms with Crippen molar-refractivity contribution in [1.29, 1.82) is 0 Å². The number of rotatable bonds is 6. The molecule has 6 heteroatoms. The molecule has 1 rings (SSSR count). The van der Waals surface area contributed by atoms with Crippen molar-refractivity contribution in [1.82, 2.24) is 4.31 Å². The van der Waals surface area contributed by atoms with Crippen LogP contribution in [0.4, 0.5) is 0 Å². The highest BCUT2D eigenvalue weighted by Crippen LogP contribution is 2.29. The maximum Gasteiger partial charge on any atom is 0.244 e. The Hall–Kier alpha value is -0.690. The average molecular weight is 347 g/mol. The molecule has 106 valence electrons. The third-order valence-corrected chi connectivity index (χ3v) is 6.10. The summed E-state index contributed by atoms with van der Waals surface area (Å²) in [5.41, 5.74) is 7.27. The highest BCUT2D eigenvalue weighted by molar-refractivity contribution is 9.10. The molecule has 0 heterocycles. The fourth-order valence-corrected chi connectivity index (χ4v) is 4.25. The molecule has 1 aromatic rings. The Morgan fingerprint density at radius 3 is 2.58 bits per heavy atom. The minimum atomic E-state index is -3.54. The lowest BCUT2D eigenvalue weighted by atomic mass is 10.1. The number of halogens is 1. The fourth-order valence-electron chi connectivity index (χ4n) is 1.80. The normalized spacial score (nSPS) is 11.8. The van der Waals surface area contributed by atoms with Crippen molar-refractivity contribution < 1.29 is 8.42 Å². The van der Waals surface area contributed by atoms with Crippen molar-refractivity contribution >= 4 is 26.0 Å². The molecule has 0 aliphatic heterocycles. The fraction of sp³-hybridized carbons (Fsp3) is 0.385. The van der Waals surface area contributed by atoms with Gasteiger partial charge in [-0.1, -0.05) is 19.1 Å². The highest BCUT2D eigenvalue weighted by atomic mass is 79.9. The summed E-state index contributed by atoms with van der Waals surface area (Å²) in [5, 5.41) is 0. The first-order chi connectivity index (χ1) is 8.88. The Bertz CT molecular complexity index is 570. The first-order valence-electron chi connectivity index (χ1n) is 5.98. The minimum Gasteiger partial charge on any atom is -0.326 e. The molecular weight excluding hydrogens is 328 g/mol. The van der Waals surface area contributed by atoms with E-state index < -0.39 is 10.0 Å². The molecule has 0 bridgehead atoms. The summed E-state index contributed by atoms with van der Waals surface area (Å²) in [6, 6.07) is 3.51. The molecule has 0 aromatic heterocycles. The van der Waals surface area contributed by atoms with Crippen LogP contribution in [0.1, 0.15) is 18.1 Å². The molecule has 0 saturated heterocycles. The summed E-state index contributed by atoms with van der Waals surface area (Å²) in [6.45, 7) is 8.24. The van der Waals surface area contributed by atoms with Crippen LogP contribution in [-0.2, 0) is 16.6 Å². The predicted molar refractivity (Wildman–Crippen MR) is 81.4 cm³/mol. The first kappa shape index (κ1) is 16.4. The standard InChI is InChI=1S/C13H19BrN2O2S/c1-4-6-16(5-2)19(17,18)12-8-11(9-15)7-10(3)13(12)14/h4,7-8H,1,5-6,9,15H2,2-3H3. The van der Waals surface area contributed by atoms with Gasteiger partial charge in [0.25, 0.3) is 0 Å². The number of sulfonamides is 1. The zero-order chi connectivity index (χ0) is 14.6. The Labute approximate surface area is 123 Å². The lowest BCUT2D eigenvalue weighted by Gasteiger charge is -2.20. The third-order valence-electron chi connectivity index (χ3n) is 2.82. The second-order valence-electron chi connectivity index (χ2n) is 4.17. The predicted octanol–water partition coefficient (Wildman–Crippen LogP) is 2.41. The maximum atomic E-state index is 12.6. The topological polar surface area (TPSA) is 63.4 Å². The second-order valence-corrected chi connectivity index (χ2v) is 6.87. The van der Waals surface area contributed by atoms with Gasteiger partial charge in [0.2, 0.25) is 10.0 Å². The summed E-state index contributed by atoms with van der Waals surface area (Å²) in [6.07, 6.45) is 1.58. The van der Waals surface area contributed by atoms with Crippen LogP contribution in [0.5, 0.6) is 0 Å². The SMILES string of the molecule is C=CCN(CC)S(=O)(=O)c1cc(CN)cc(C)c1Br. The molecule has 0 unspecified atom stereocenters. The molecule has 0 spiro atoms. The van der Waals surface area contributed by atoms with E-state index in [9.17, 15) is 8.42 Å². The molecule has 4 nitrogen and oxygen atoms in total. The van der Waals surface area contributed by atoms with E-state index in [0.717, 1.165) is 11.1 Å². The van der Waals surface area contributed by atoms with Gasteiger partial charge in [0.15, 0.2) is 0 Å². The Morgan fingerprint density at radius 1 is 1.47 bits per heavy atom. The molecule has 0 aliphatic rings. The quantitative estimate of drug-likeness (QED) is 0.804. The molecule has 0 amide bonds. The Balaban J connectivity index is 3.42. The van der Waals surface area contributed by atoms with E-state index in [2.05, 4.69) is 22.5 Å². The van der Waals surface area contributed by atoms with Crippen molar-refractivity contribution in [2.24, 2.45) is 5.73 Å². The van der Waals surface area contributed by atoms with E-state index >= 15 is 0 Å². The molecular formula is C13H19BrN2O2S. The van der Waals surface area contributed by atoms with Crippen LogP contribution in [0.3, 0.4) is 0 Å². The Kier molecular flexibility index (Phi) is 5.73. The molecule has 0 aliphatic carbocycles. The molecule has 1 aromatic carbocycles. The molecule has 2 N–H and O–H groups in total. The molecule has 19 heavy (non-hydrogen) atoms. The van der Waals surface area contributed by atoms with Crippen molar-refractivity contribution in [3.63, 3.8) is 0 Å². The number of hydrogen-bond donors (Lipinski definition) is 1. The van der Waals surface area contributed by atoms with Gasteiger partial charge in [-0.2, -0.15) is 4.31 Å². The molecule has 0 saturated carbocycles. The van der Waals surface area contributed by atoms with Crippen LogP contribution in [0.2, 0.25) is 0 Å². The number of aryl methyl sites for hydroxylation is 1. The van der Waals surface area contributed by atoms with Gasteiger partial charge in [0, 0.05) is 24.1 Å². The lowest BCUT2D eigenvalue weighted by Crippen LogP contribution is -2.31. The number of benzene rings is 1. The summed E-state index contributed by atoms with van der Waals surface area (Å²) in [4.78, 5) is 0.261. The number of nitrogens with two attached hydrogens (primary N) is 1. The van der Waals surface area contributed by atoms with Crippen LogP contribution in [-0.4, -0.2) is 25.8 Å². The van der Waals surface area contributed by atoms with Crippen LogP contribution < -0.4 is 5.73 Å². The minimum absolute atomic E-state index is 0.261. The number of likely N-dealkylation sites (N-methyl/N-ethyl adjacent to an activating group) is 1. The Morgan fingerprint density at radius 2 is 2.11 bits per heavy atom. The van der Waals surface area contributed by atoms with E-state index in [1.165, 1.54) is 4.31 Å². The summed E-state index contributed by atoms with van der Waals surface area (Å²) in [5.74, 6) is 0. The van der Waals surface area contributed by atoms with E-state index in [1.54, 1.807) is 19.1 Å². The molecule has 0 radical (unpaired) electrons. The highest BCUT2D eigenvalue weighted by Gasteiger charge is 2.25. The summed E-state index contributed by atoms with van der Waals surface area (Å²) < 4.78 is 27.2. The van der Waals surface area contributed by atoms with Gasteiger partial charge < -0.3 is 5.73 Å². The second kappa shape index (κ2) is 6.65. The monoisotopic (exact) mass is 346 g/mol. The average Bonchev–Trinajstić information content (AvgIpc) is 2.38. The molecule has 0 fully saturated rings. The summed E-state index contributed by atoms with van der Waals surface area (Å²) in [7, 11) is -3.54. The maximum absolute atomic E-state index is 12.6. The molecule has 0 atom stereocenters. The summed E-state index contributed by atoms with van der Waals surface area (Å²) >= 11 is 3.36. The van der Waals surface area contributed by atoms with E-state index in [-0.39, 0.29) is 11.4 Å². The van der Waals surface area contributed by atoms with Gasteiger partial charge in [-0.05, 0) is 40.0 Å². The van der Waals surface area contributed by atoms with Crippen molar-refractivity contribution in [3.8, 4) is 0 Å². The van der Waals surface area contributed by atoms with Gasteiger partial charge >= 0.3 is 0 Å². The van der Waals surface area contributed by atoms with Gasteiger partial charge in [0.05, 0.1) is 4.90 Å². The number of nitrogens with zero attached hydrogens (tertiary/aromatic N) is 1. The largest absolute Gasteiger partial charge is 0.326 e. The van der Waals surface area contributed by atoms with E-state index in [4.69, 9.17) is 5.73 Å².